The zero-order chi connectivity index (χ0) is 13.6. The number of imidazole rings is 1. The number of aryl methyl sites for hydroxylation is 1. The zero-order valence-corrected chi connectivity index (χ0v) is 11.7. The van der Waals surface area contributed by atoms with Crippen LogP contribution in [0.5, 0.6) is 0 Å². The maximum atomic E-state index is 12.2. The summed E-state index contributed by atoms with van der Waals surface area (Å²) in [7, 11) is 1.84. The molecule has 19 heavy (non-hydrogen) atoms. The molecule has 100 valence electrons. The van der Waals surface area contributed by atoms with Gasteiger partial charge in [-0.1, -0.05) is 0 Å². The summed E-state index contributed by atoms with van der Waals surface area (Å²) in [5.41, 5.74) is 2.33. The van der Waals surface area contributed by atoms with Gasteiger partial charge in [0.1, 0.15) is 0 Å². The van der Waals surface area contributed by atoms with Crippen molar-refractivity contribution in [2.75, 3.05) is 0 Å². The second-order valence-corrected chi connectivity index (χ2v) is 5.58. The van der Waals surface area contributed by atoms with Gasteiger partial charge in [-0.25, -0.2) is 4.98 Å². The number of hydrogen-bond acceptors (Lipinski definition) is 2. The number of carbonyl (C=O) groups is 1. The van der Waals surface area contributed by atoms with Crippen molar-refractivity contribution in [3.05, 3.63) is 29.0 Å². The molecule has 4 nitrogen and oxygen atoms in total. The minimum atomic E-state index is -0.0291. The Kier molecular flexibility index (Phi) is 2.97. The van der Waals surface area contributed by atoms with E-state index in [4.69, 9.17) is 11.6 Å². The zero-order valence-electron chi connectivity index (χ0n) is 11.0. The first kappa shape index (κ1) is 12.5. The summed E-state index contributed by atoms with van der Waals surface area (Å²) in [6.07, 6.45) is 2.44. The number of fused-ring (bicyclic) bond motifs is 1. The van der Waals surface area contributed by atoms with E-state index in [1.165, 1.54) is 12.8 Å². The summed E-state index contributed by atoms with van der Waals surface area (Å²) in [6.45, 7) is 2.06. The molecule has 1 N–H and O–H groups in total. The first-order chi connectivity index (χ1) is 9.06. The number of amides is 1. The fraction of sp³-hybridized carbons (Fsp3) is 0.429. The van der Waals surface area contributed by atoms with Gasteiger partial charge in [-0.15, -0.1) is 0 Å². The standard InChI is InChI=1S/C14H16ClN3O/c1-8(9-3-4-9)16-13(19)10-5-6-11-12(7-10)18(2)14(15)17-11/h5-9H,3-4H2,1-2H3,(H,16,19)/t8-/m1/s1. The topological polar surface area (TPSA) is 46.9 Å². The molecule has 1 heterocycles. The van der Waals surface area contributed by atoms with Crippen molar-refractivity contribution >= 4 is 28.5 Å². The molecule has 2 aromatic rings. The second kappa shape index (κ2) is 4.53. The summed E-state index contributed by atoms with van der Waals surface area (Å²) in [6, 6.07) is 5.71. The molecule has 1 aliphatic carbocycles. The maximum Gasteiger partial charge on any atom is 0.251 e. The molecule has 1 aromatic heterocycles. The number of halogens is 1. The number of rotatable bonds is 3. The number of nitrogens with one attached hydrogen (secondary N) is 1. The molecule has 1 amide bonds. The van der Waals surface area contributed by atoms with Crippen LogP contribution in [0.1, 0.15) is 30.1 Å². The highest BCUT2D eigenvalue weighted by Gasteiger charge is 2.29. The maximum absolute atomic E-state index is 12.2. The van der Waals surface area contributed by atoms with Gasteiger partial charge in [-0.2, -0.15) is 0 Å². The van der Waals surface area contributed by atoms with Gasteiger partial charge in [0.05, 0.1) is 11.0 Å². The first-order valence-electron chi connectivity index (χ1n) is 6.49. The lowest BCUT2D eigenvalue weighted by Crippen LogP contribution is -2.33. The van der Waals surface area contributed by atoms with Crippen molar-refractivity contribution in [1.82, 2.24) is 14.9 Å². The molecule has 1 atom stereocenters. The van der Waals surface area contributed by atoms with Crippen molar-refractivity contribution in [2.24, 2.45) is 13.0 Å². The summed E-state index contributed by atoms with van der Waals surface area (Å²) in [5.74, 6) is 0.623. The van der Waals surface area contributed by atoms with Crippen LogP contribution in [0.2, 0.25) is 5.28 Å². The predicted octanol–water partition coefficient (Wildman–Crippen LogP) is 2.76. The molecule has 0 unspecified atom stereocenters. The lowest BCUT2D eigenvalue weighted by atomic mass is 10.1. The molecule has 1 saturated carbocycles. The molecule has 0 aliphatic heterocycles. The third kappa shape index (κ3) is 2.32. The Morgan fingerprint density at radius 2 is 2.26 bits per heavy atom. The number of aromatic nitrogens is 2. The van der Waals surface area contributed by atoms with Crippen molar-refractivity contribution in [1.29, 1.82) is 0 Å². The van der Waals surface area contributed by atoms with Gasteiger partial charge in [0.2, 0.25) is 5.28 Å². The molecule has 1 aromatic carbocycles. The summed E-state index contributed by atoms with van der Waals surface area (Å²) < 4.78 is 1.78. The monoisotopic (exact) mass is 277 g/mol. The van der Waals surface area contributed by atoms with Crippen LogP contribution < -0.4 is 5.32 Å². The van der Waals surface area contributed by atoms with E-state index >= 15 is 0 Å². The van der Waals surface area contributed by atoms with E-state index in [9.17, 15) is 4.79 Å². The SMILES string of the molecule is C[C@@H](NC(=O)c1ccc2nc(Cl)n(C)c2c1)C1CC1. The average Bonchev–Trinajstić information content (AvgIpc) is 3.18. The Labute approximate surface area is 116 Å². The third-order valence-electron chi connectivity index (χ3n) is 3.78. The van der Waals surface area contributed by atoms with E-state index in [-0.39, 0.29) is 11.9 Å². The van der Waals surface area contributed by atoms with Crippen LogP contribution in [-0.4, -0.2) is 21.5 Å². The summed E-state index contributed by atoms with van der Waals surface area (Å²) in [4.78, 5) is 16.4. The fourth-order valence-corrected chi connectivity index (χ4v) is 2.49. The Bertz CT molecular complexity index is 645. The normalized spacial score (nSPS) is 16.6. The quantitative estimate of drug-likeness (QED) is 0.938. The number of nitrogens with zero attached hydrogens (tertiary/aromatic N) is 2. The highest BCUT2D eigenvalue weighted by molar-refractivity contribution is 6.29. The van der Waals surface area contributed by atoms with Crippen LogP contribution in [-0.2, 0) is 7.05 Å². The molecule has 1 fully saturated rings. The minimum absolute atomic E-state index is 0.0291. The van der Waals surface area contributed by atoms with Gasteiger partial charge < -0.3 is 9.88 Å². The van der Waals surface area contributed by atoms with Crippen LogP contribution in [0.4, 0.5) is 0 Å². The van der Waals surface area contributed by atoms with Crippen LogP contribution in [0.3, 0.4) is 0 Å². The molecule has 0 saturated heterocycles. The molecule has 0 spiro atoms. The van der Waals surface area contributed by atoms with Gasteiger partial charge in [-0.3, -0.25) is 4.79 Å². The second-order valence-electron chi connectivity index (χ2n) is 5.24. The van der Waals surface area contributed by atoms with Gasteiger partial charge in [0, 0.05) is 18.7 Å². The van der Waals surface area contributed by atoms with Gasteiger partial charge in [-0.05, 0) is 55.5 Å². The van der Waals surface area contributed by atoms with E-state index in [0.29, 0.717) is 16.8 Å². The largest absolute Gasteiger partial charge is 0.349 e. The minimum Gasteiger partial charge on any atom is -0.349 e. The first-order valence-corrected chi connectivity index (χ1v) is 6.87. The number of carbonyl (C=O) groups excluding carboxylic acids is 1. The van der Waals surface area contributed by atoms with Crippen molar-refractivity contribution < 1.29 is 4.79 Å². The highest BCUT2D eigenvalue weighted by Crippen LogP contribution is 2.32. The van der Waals surface area contributed by atoms with Crippen molar-refractivity contribution in [3.63, 3.8) is 0 Å². The van der Waals surface area contributed by atoms with Crippen LogP contribution in [0.25, 0.3) is 11.0 Å². The molecular formula is C14H16ClN3O. The Balaban J connectivity index is 1.87. The number of benzene rings is 1. The Morgan fingerprint density at radius 3 is 2.95 bits per heavy atom. The molecular weight excluding hydrogens is 262 g/mol. The molecule has 0 bridgehead atoms. The van der Waals surface area contributed by atoms with E-state index in [2.05, 4.69) is 17.2 Å². The van der Waals surface area contributed by atoms with E-state index < -0.39 is 0 Å². The summed E-state index contributed by atoms with van der Waals surface area (Å²) >= 11 is 5.97. The number of hydrogen-bond donors (Lipinski definition) is 1. The van der Waals surface area contributed by atoms with Gasteiger partial charge in [0.15, 0.2) is 0 Å². The van der Waals surface area contributed by atoms with E-state index in [1.807, 2.05) is 19.2 Å². The molecule has 1 aliphatic rings. The lowest BCUT2D eigenvalue weighted by Gasteiger charge is -2.12. The Hall–Kier alpha value is -1.55. The fourth-order valence-electron chi connectivity index (χ4n) is 2.31. The molecule has 0 radical (unpaired) electrons. The predicted molar refractivity (Wildman–Crippen MR) is 75.4 cm³/mol. The van der Waals surface area contributed by atoms with Crippen LogP contribution >= 0.6 is 11.6 Å². The van der Waals surface area contributed by atoms with Crippen LogP contribution in [0.15, 0.2) is 18.2 Å². The molecule has 5 heteroatoms. The molecule has 3 rings (SSSR count). The lowest BCUT2D eigenvalue weighted by molar-refractivity contribution is 0.0936. The Morgan fingerprint density at radius 1 is 1.53 bits per heavy atom. The van der Waals surface area contributed by atoms with E-state index in [0.717, 1.165) is 11.0 Å². The van der Waals surface area contributed by atoms with Gasteiger partial charge >= 0.3 is 0 Å². The highest BCUT2D eigenvalue weighted by atomic mass is 35.5. The average molecular weight is 278 g/mol. The van der Waals surface area contributed by atoms with Crippen molar-refractivity contribution in [2.45, 2.75) is 25.8 Å². The van der Waals surface area contributed by atoms with Crippen molar-refractivity contribution in [3.8, 4) is 0 Å². The van der Waals surface area contributed by atoms with Gasteiger partial charge in [0.25, 0.3) is 5.91 Å². The third-order valence-corrected chi connectivity index (χ3v) is 4.11. The van der Waals surface area contributed by atoms with Crippen LogP contribution in [0, 0.1) is 5.92 Å². The summed E-state index contributed by atoms with van der Waals surface area (Å²) in [5, 5.41) is 3.48. The smallest absolute Gasteiger partial charge is 0.251 e. The van der Waals surface area contributed by atoms with E-state index in [1.54, 1.807) is 10.6 Å².